The molecule has 0 unspecified atom stereocenters. The van der Waals surface area contributed by atoms with Gasteiger partial charge in [-0.05, 0) is 102 Å². The number of rotatable bonds is 15. The standard InChI is InChI=1S/C33H44N4O2Si.C25H32F3N3O3Si/c1-22-11-14-24(15-12-22)33(5,6)26-20-25(32(2,3)4)21-29(30(26)38)37-35-27-16-13-23(19-28(27)36-37)31(39)34-17-10-18-40(7,8)9;1-24(2,3)18-13-16(7-10-22(32)34-11-12-35(4,5)6)14-21(23(18)33)31-29-19-9-8-17(25(26,27)28)15-20(19)30-31/h11-16,19-21,38H,10,17-18H2,1-9H3,(H,34,39);8-9,13-15,33H,7,10-12H2,1-6H3. The van der Waals surface area contributed by atoms with E-state index < -0.39 is 38.7 Å². The number of hydrogen-bond donors (Lipinski definition) is 3. The van der Waals surface area contributed by atoms with Crippen molar-refractivity contribution >= 4 is 50.1 Å². The lowest BCUT2D eigenvalue weighted by atomic mass is 9.74. The van der Waals surface area contributed by atoms with E-state index >= 15 is 0 Å². The molecule has 3 N–H and O–H groups in total. The van der Waals surface area contributed by atoms with E-state index in [0.29, 0.717) is 47.4 Å². The Labute approximate surface area is 442 Å². The number of ether oxygens (including phenoxy) is 1. The van der Waals surface area contributed by atoms with Gasteiger partial charge in [0, 0.05) is 51.2 Å². The number of benzene rings is 5. The molecule has 0 aliphatic carbocycles. The van der Waals surface area contributed by atoms with Crippen molar-refractivity contribution in [1.82, 2.24) is 35.3 Å². The Morgan fingerprint density at radius 2 is 1.15 bits per heavy atom. The predicted octanol–water partition coefficient (Wildman–Crippen LogP) is 13.8. The van der Waals surface area contributed by atoms with Crippen LogP contribution in [0.1, 0.15) is 118 Å². The Hall–Kier alpha value is -6.34. The molecule has 0 saturated carbocycles. The second kappa shape index (κ2) is 22.1. The van der Waals surface area contributed by atoms with Crippen molar-refractivity contribution < 1.29 is 37.7 Å². The number of halogens is 3. The number of nitrogens with one attached hydrogen (secondary N) is 1. The molecule has 402 valence electrons. The van der Waals surface area contributed by atoms with Gasteiger partial charge in [-0.1, -0.05) is 143 Å². The lowest BCUT2D eigenvalue weighted by Gasteiger charge is -2.30. The normalized spacial score (nSPS) is 12.7. The third-order valence-corrected chi connectivity index (χ3v) is 16.8. The minimum atomic E-state index is -4.50. The minimum Gasteiger partial charge on any atom is -0.505 e. The van der Waals surface area contributed by atoms with E-state index in [2.05, 4.69) is 127 Å². The fourth-order valence-corrected chi connectivity index (χ4v) is 10.4. The quantitative estimate of drug-likeness (QED) is 0.0516. The van der Waals surface area contributed by atoms with Crippen molar-refractivity contribution in [2.75, 3.05) is 13.2 Å². The van der Waals surface area contributed by atoms with Crippen LogP contribution in [0.3, 0.4) is 0 Å². The second-order valence-corrected chi connectivity index (χ2v) is 36.0. The first kappa shape index (κ1) is 57.9. The summed E-state index contributed by atoms with van der Waals surface area (Å²) in [6, 6.07) is 26.6. The molecule has 0 fully saturated rings. The number of carbonyl (C=O) groups excluding carboxylic acids is 2. The maximum absolute atomic E-state index is 13.1. The molecule has 7 rings (SSSR count). The van der Waals surface area contributed by atoms with Gasteiger partial charge in [0.15, 0.2) is 0 Å². The summed E-state index contributed by atoms with van der Waals surface area (Å²) in [5, 5.41) is 43.6. The molecule has 0 saturated heterocycles. The van der Waals surface area contributed by atoms with E-state index in [0.717, 1.165) is 51.6 Å². The minimum absolute atomic E-state index is 0.0599. The number of aromatic nitrogens is 6. The smallest absolute Gasteiger partial charge is 0.416 e. The van der Waals surface area contributed by atoms with Crippen LogP contribution in [0.4, 0.5) is 13.2 Å². The Kier molecular flexibility index (Phi) is 17.1. The fourth-order valence-electron chi connectivity index (χ4n) is 8.43. The second-order valence-electron chi connectivity index (χ2n) is 24.7. The SMILES string of the molecule is CC(C)(C)c1cc(CCC(=O)OCC[Si](C)(C)C)cc(-n2nc3ccc(C(F)(F)F)cc3n2)c1O.Cc1ccc(C(C)(C)c2cc(C(C)(C)C)cc(-n3nc4ccc(C(=O)NCCC[Si](C)(C)C)cc4n3)c2O)cc1. The van der Waals surface area contributed by atoms with Gasteiger partial charge in [-0.2, -0.15) is 13.2 Å². The van der Waals surface area contributed by atoms with Crippen molar-refractivity contribution in [3.63, 3.8) is 0 Å². The van der Waals surface area contributed by atoms with E-state index in [9.17, 15) is 33.0 Å². The maximum atomic E-state index is 13.1. The highest BCUT2D eigenvalue weighted by Gasteiger charge is 2.33. The van der Waals surface area contributed by atoms with E-state index in [1.165, 1.54) is 22.5 Å². The molecule has 17 heteroatoms. The van der Waals surface area contributed by atoms with Gasteiger partial charge in [0.1, 0.15) is 44.9 Å². The summed E-state index contributed by atoms with van der Waals surface area (Å²) >= 11 is 0. The lowest BCUT2D eigenvalue weighted by molar-refractivity contribution is -0.143. The van der Waals surface area contributed by atoms with Crippen LogP contribution in [0.5, 0.6) is 11.5 Å². The molecular weight excluding hydrogens is 988 g/mol. The Morgan fingerprint density at radius 3 is 1.71 bits per heavy atom. The number of aryl methyl sites for hydroxylation is 2. The first-order valence-corrected chi connectivity index (χ1v) is 33.1. The van der Waals surface area contributed by atoms with Gasteiger partial charge < -0.3 is 20.3 Å². The molecule has 0 bridgehead atoms. The van der Waals surface area contributed by atoms with Crippen molar-refractivity contribution in [2.24, 2.45) is 0 Å². The van der Waals surface area contributed by atoms with Crippen molar-refractivity contribution in [1.29, 1.82) is 0 Å². The molecule has 5 aromatic carbocycles. The van der Waals surface area contributed by atoms with Gasteiger partial charge in [-0.15, -0.1) is 30.0 Å². The van der Waals surface area contributed by atoms with Crippen molar-refractivity contribution in [3.05, 3.63) is 129 Å². The molecule has 2 aromatic heterocycles. The molecule has 12 nitrogen and oxygen atoms in total. The van der Waals surface area contributed by atoms with Crippen molar-refractivity contribution in [3.8, 4) is 22.9 Å². The first-order chi connectivity index (χ1) is 34.6. The highest BCUT2D eigenvalue weighted by molar-refractivity contribution is 6.76. The molecule has 0 atom stereocenters. The van der Waals surface area contributed by atoms with Gasteiger partial charge in [0.05, 0.1) is 12.2 Å². The molecular formula is C58H76F3N7O5Si2. The molecule has 0 aliphatic rings. The largest absolute Gasteiger partial charge is 0.505 e. The summed E-state index contributed by atoms with van der Waals surface area (Å²) in [5.41, 5.74) is 6.64. The number of fused-ring (bicyclic) bond motifs is 2. The highest BCUT2D eigenvalue weighted by atomic mass is 28.3. The summed E-state index contributed by atoms with van der Waals surface area (Å²) < 4.78 is 44.7. The lowest BCUT2D eigenvalue weighted by Crippen LogP contribution is -2.27. The fraction of sp³-hybridized carbons (Fsp3) is 0.448. The Morgan fingerprint density at radius 1 is 0.613 bits per heavy atom. The number of alkyl halides is 3. The monoisotopic (exact) mass is 1060 g/mol. The number of aromatic hydroxyl groups is 2. The van der Waals surface area contributed by atoms with E-state index in [1.54, 1.807) is 18.2 Å². The molecule has 7 aromatic rings. The Balaban J connectivity index is 0.000000246. The summed E-state index contributed by atoms with van der Waals surface area (Å²) in [7, 11) is -2.43. The number of phenolic OH excluding ortho intramolecular Hbond substituents is 2. The zero-order valence-electron chi connectivity index (χ0n) is 46.5. The van der Waals surface area contributed by atoms with Crippen LogP contribution in [0, 0.1) is 6.92 Å². The van der Waals surface area contributed by atoms with Crippen LogP contribution >= 0.6 is 0 Å². The topological polar surface area (TPSA) is 157 Å². The number of phenols is 2. The van der Waals surface area contributed by atoms with Crippen LogP contribution in [-0.4, -0.2) is 81.4 Å². The van der Waals surface area contributed by atoms with Gasteiger partial charge in [-0.3, -0.25) is 9.59 Å². The zero-order valence-corrected chi connectivity index (χ0v) is 48.5. The molecule has 2 heterocycles. The summed E-state index contributed by atoms with van der Waals surface area (Å²) in [4.78, 5) is 27.7. The van der Waals surface area contributed by atoms with E-state index in [-0.39, 0.29) is 51.9 Å². The van der Waals surface area contributed by atoms with Gasteiger partial charge >= 0.3 is 12.1 Å². The van der Waals surface area contributed by atoms with Crippen LogP contribution in [0.25, 0.3) is 33.4 Å². The van der Waals surface area contributed by atoms with Crippen molar-refractivity contribution in [2.45, 2.75) is 155 Å². The van der Waals surface area contributed by atoms with E-state index in [4.69, 9.17) is 14.9 Å². The third-order valence-electron chi connectivity index (χ3n) is 13.3. The first-order valence-electron chi connectivity index (χ1n) is 25.7. The summed E-state index contributed by atoms with van der Waals surface area (Å²) in [6.45, 7) is 33.3. The van der Waals surface area contributed by atoms with Crippen LogP contribution in [0.2, 0.25) is 51.4 Å². The zero-order chi connectivity index (χ0) is 55.6. The number of esters is 1. The molecule has 1 amide bonds. The highest BCUT2D eigenvalue weighted by Crippen LogP contribution is 2.43. The van der Waals surface area contributed by atoms with Gasteiger partial charge in [-0.25, -0.2) is 0 Å². The number of carbonyl (C=O) groups is 2. The van der Waals surface area contributed by atoms with Crippen LogP contribution in [0.15, 0.2) is 84.9 Å². The molecule has 0 aliphatic heterocycles. The average molecular weight is 1060 g/mol. The molecule has 0 radical (unpaired) electrons. The van der Waals surface area contributed by atoms with Crippen LogP contribution in [-0.2, 0) is 38.4 Å². The predicted molar refractivity (Wildman–Crippen MR) is 299 cm³/mol. The van der Waals surface area contributed by atoms with Gasteiger partial charge in [0.2, 0.25) is 0 Å². The number of nitrogens with zero attached hydrogens (tertiary/aromatic N) is 6. The summed E-state index contributed by atoms with van der Waals surface area (Å²) in [6.07, 6.45) is -2.96. The third kappa shape index (κ3) is 15.0. The average Bonchev–Trinajstić information content (AvgIpc) is 3.93. The molecule has 0 spiro atoms. The maximum Gasteiger partial charge on any atom is 0.416 e. The van der Waals surface area contributed by atoms with E-state index in [1.807, 2.05) is 39.0 Å². The number of hydrogen-bond acceptors (Lipinski definition) is 9. The summed E-state index contributed by atoms with van der Waals surface area (Å²) in [5.74, 6) is -0.306. The molecule has 75 heavy (non-hydrogen) atoms. The van der Waals surface area contributed by atoms with Crippen LogP contribution < -0.4 is 5.32 Å². The van der Waals surface area contributed by atoms with Gasteiger partial charge in [0.25, 0.3) is 5.91 Å². The number of amides is 1. The Bertz CT molecular complexity index is 3170.